The Hall–Kier alpha value is -0.430. The first kappa shape index (κ1) is 18.6. The Labute approximate surface area is 133 Å². The van der Waals surface area contributed by atoms with Gasteiger partial charge in [0.25, 0.3) is 10.0 Å². The maximum Gasteiger partial charge on any atom is 0.250 e. The van der Waals surface area contributed by atoms with Gasteiger partial charge in [-0.15, -0.1) is 11.3 Å². The molecule has 0 saturated carbocycles. The lowest BCUT2D eigenvalue weighted by Crippen LogP contribution is -2.46. The minimum absolute atomic E-state index is 0.330. The van der Waals surface area contributed by atoms with Gasteiger partial charge < -0.3 is 5.32 Å². The van der Waals surface area contributed by atoms with Crippen LogP contribution in [0.15, 0.2) is 16.3 Å². The van der Waals surface area contributed by atoms with Gasteiger partial charge in [0.15, 0.2) is 0 Å². The van der Waals surface area contributed by atoms with Crippen molar-refractivity contribution < 1.29 is 8.42 Å². The van der Waals surface area contributed by atoms with Crippen molar-refractivity contribution in [2.75, 3.05) is 6.54 Å². The van der Waals surface area contributed by atoms with Gasteiger partial charge in [-0.3, -0.25) is 0 Å². The van der Waals surface area contributed by atoms with Crippen LogP contribution in [0.2, 0.25) is 0 Å². The average Bonchev–Trinajstić information content (AvgIpc) is 2.95. The second-order valence-corrected chi connectivity index (χ2v) is 8.42. The van der Waals surface area contributed by atoms with Gasteiger partial charge in [0.05, 0.1) is 0 Å². The smallest absolute Gasteiger partial charge is 0.250 e. The van der Waals surface area contributed by atoms with Crippen LogP contribution in [0.1, 0.15) is 58.3 Å². The summed E-state index contributed by atoms with van der Waals surface area (Å²) in [5.41, 5.74) is -0.330. The molecule has 0 atom stereocenters. The number of hydrogen-bond donors (Lipinski definition) is 2. The molecule has 21 heavy (non-hydrogen) atoms. The van der Waals surface area contributed by atoms with E-state index < -0.39 is 10.0 Å². The largest absolute Gasteiger partial charge is 0.312 e. The minimum Gasteiger partial charge on any atom is -0.312 e. The molecular weight excluding hydrogens is 304 g/mol. The number of nitrogens with one attached hydrogen (secondary N) is 2. The molecule has 0 aliphatic heterocycles. The van der Waals surface area contributed by atoms with Crippen LogP contribution < -0.4 is 10.0 Å². The average molecular weight is 333 g/mol. The van der Waals surface area contributed by atoms with Crippen LogP contribution in [0.5, 0.6) is 0 Å². The van der Waals surface area contributed by atoms with Crippen molar-refractivity contribution in [3.8, 4) is 0 Å². The molecule has 0 saturated heterocycles. The van der Waals surface area contributed by atoms with E-state index in [0.29, 0.717) is 4.21 Å². The molecule has 1 aromatic heterocycles. The van der Waals surface area contributed by atoms with Gasteiger partial charge in [-0.2, -0.15) is 0 Å². The van der Waals surface area contributed by atoms with Gasteiger partial charge in [-0.25, -0.2) is 13.1 Å². The van der Waals surface area contributed by atoms with Crippen LogP contribution in [0, 0.1) is 0 Å². The van der Waals surface area contributed by atoms with Gasteiger partial charge >= 0.3 is 0 Å². The molecule has 0 bridgehead atoms. The molecule has 0 aliphatic rings. The summed E-state index contributed by atoms with van der Waals surface area (Å²) in [5, 5.41) is 3.29. The van der Waals surface area contributed by atoms with Gasteiger partial charge in [0.1, 0.15) is 4.21 Å². The highest BCUT2D eigenvalue weighted by Crippen LogP contribution is 2.26. The van der Waals surface area contributed by atoms with Crippen molar-refractivity contribution >= 4 is 21.4 Å². The van der Waals surface area contributed by atoms with E-state index in [2.05, 4.69) is 17.0 Å². The molecule has 6 heteroatoms. The summed E-state index contributed by atoms with van der Waals surface area (Å²) in [6.45, 7) is 9.89. The quantitative estimate of drug-likeness (QED) is 0.645. The molecular formula is C15H28N2O2S2. The van der Waals surface area contributed by atoms with E-state index in [-0.39, 0.29) is 5.54 Å². The number of rotatable bonds is 10. The van der Waals surface area contributed by atoms with E-state index in [1.165, 1.54) is 11.3 Å². The normalized spacial score (nSPS) is 12.8. The van der Waals surface area contributed by atoms with Gasteiger partial charge in [-0.1, -0.05) is 27.7 Å². The van der Waals surface area contributed by atoms with E-state index in [1.54, 1.807) is 6.07 Å². The highest BCUT2D eigenvalue weighted by atomic mass is 32.2. The Bertz CT molecular complexity index is 511. The number of thiophene rings is 1. The molecule has 0 radical (unpaired) electrons. The Morgan fingerprint density at radius 1 is 1.10 bits per heavy atom. The molecule has 2 N–H and O–H groups in total. The summed E-state index contributed by atoms with van der Waals surface area (Å²) >= 11 is 1.35. The number of hydrogen-bond acceptors (Lipinski definition) is 4. The third kappa shape index (κ3) is 5.06. The predicted molar refractivity (Wildman–Crippen MR) is 90.2 cm³/mol. The predicted octanol–water partition coefficient (Wildman–Crippen LogP) is 3.49. The molecule has 0 fully saturated rings. The molecule has 1 aromatic rings. The highest BCUT2D eigenvalue weighted by Gasteiger charge is 2.31. The fourth-order valence-electron chi connectivity index (χ4n) is 2.29. The summed E-state index contributed by atoms with van der Waals surface area (Å²) in [5.74, 6) is 0. The Kier molecular flexibility index (Phi) is 7.33. The maximum absolute atomic E-state index is 12.5. The van der Waals surface area contributed by atoms with Crippen molar-refractivity contribution in [2.24, 2.45) is 0 Å². The Balaban J connectivity index is 2.83. The third-order valence-electron chi connectivity index (χ3n) is 4.01. The SMILES string of the molecule is CCCNCc1ccc(S(=O)(=O)NC(CC)(CC)CC)s1. The van der Waals surface area contributed by atoms with E-state index in [0.717, 1.165) is 43.6 Å². The second kappa shape index (κ2) is 8.27. The lowest BCUT2D eigenvalue weighted by Gasteiger charge is -2.30. The zero-order chi connectivity index (χ0) is 15.9. The zero-order valence-corrected chi connectivity index (χ0v) is 15.2. The van der Waals surface area contributed by atoms with Crippen molar-refractivity contribution in [1.29, 1.82) is 0 Å². The Morgan fingerprint density at radius 2 is 1.71 bits per heavy atom. The van der Waals surface area contributed by atoms with E-state index in [9.17, 15) is 8.42 Å². The second-order valence-electron chi connectivity index (χ2n) is 5.34. The first-order valence-electron chi connectivity index (χ1n) is 7.76. The van der Waals surface area contributed by atoms with Crippen molar-refractivity contribution in [3.05, 3.63) is 17.0 Å². The topological polar surface area (TPSA) is 58.2 Å². The number of sulfonamides is 1. The molecule has 1 rings (SSSR count). The van der Waals surface area contributed by atoms with Crippen LogP contribution in [-0.4, -0.2) is 20.5 Å². The summed E-state index contributed by atoms with van der Waals surface area (Å²) in [4.78, 5) is 1.05. The fraction of sp³-hybridized carbons (Fsp3) is 0.733. The molecule has 1 heterocycles. The lowest BCUT2D eigenvalue weighted by atomic mass is 9.91. The fourth-order valence-corrected chi connectivity index (χ4v) is 5.23. The van der Waals surface area contributed by atoms with E-state index in [4.69, 9.17) is 0 Å². The van der Waals surface area contributed by atoms with Crippen molar-refractivity contribution in [2.45, 2.75) is 69.7 Å². The van der Waals surface area contributed by atoms with Crippen LogP contribution >= 0.6 is 11.3 Å². The summed E-state index contributed by atoms with van der Waals surface area (Å²) in [6, 6.07) is 3.61. The van der Waals surface area contributed by atoms with Gasteiger partial charge in [0, 0.05) is 17.0 Å². The molecule has 0 aromatic carbocycles. The minimum atomic E-state index is -3.42. The monoisotopic (exact) mass is 332 g/mol. The van der Waals surface area contributed by atoms with Crippen molar-refractivity contribution in [1.82, 2.24) is 10.0 Å². The summed E-state index contributed by atoms with van der Waals surface area (Å²) in [7, 11) is -3.42. The van der Waals surface area contributed by atoms with Crippen LogP contribution in [-0.2, 0) is 16.6 Å². The first-order valence-corrected chi connectivity index (χ1v) is 10.1. The molecule has 4 nitrogen and oxygen atoms in total. The molecule has 122 valence electrons. The standard InChI is InChI=1S/C15H28N2O2S2/c1-5-11-16-12-13-9-10-14(20-13)21(18,19)17-15(6-2,7-3)8-4/h9-10,16-17H,5-8,11-12H2,1-4H3. The third-order valence-corrected chi connectivity index (χ3v) is 7.16. The van der Waals surface area contributed by atoms with Crippen LogP contribution in [0.4, 0.5) is 0 Å². The van der Waals surface area contributed by atoms with E-state index in [1.807, 2.05) is 26.8 Å². The molecule has 0 aliphatic carbocycles. The Morgan fingerprint density at radius 3 is 2.24 bits per heavy atom. The summed E-state index contributed by atoms with van der Waals surface area (Å²) in [6.07, 6.45) is 3.48. The molecule has 0 unspecified atom stereocenters. The molecule has 0 amide bonds. The van der Waals surface area contributed by atoms with Crippen LogP contribution in [0.3, 0.4) is 0 Å². The van der Waals surface area contributed by atoms with Gasteiger partial charge in [-0.05, 0) is 44.4 Å². The summed E-state index contributed by atoms with van der Waals surface area (Å²) < 4.78 is 28.4. The maximum atomic E-state index is 12.5. The van der Waals surface area contributed by atoms with Crippen LogP contribution in [0.25, 0.3) is 0 Å². The molecule has 0 spiro atoms. The zero-order valence-electron chi connectivity index (χ0n) is 13.5. The highest BCUT2D eigenvalue weighted by molar-refractivity contribution is 7.91. The first-order chi connectivity index (χ1) is 9.93. The van der Waals surface area contributed by atoms with Gasteiger partial charge in [0.2, 0.25) is 0 Å². The lowest BCUT2D eigenvalue weighted by molar-refractivity contribution is 0.342. The van der Waals surface area contributed by atoms with E-state index >= 15 is 0 Å². The van der Waals surface area contributed by atoms with Crippen molar-refractivity contribution in [3.63, 3.8) is 0 Å².